The van der Waals surface area contributed by atoms with E-state index >= 15 is 0 Å². The van der Waals surface area contributed by atoms with Crippen LogP contribution in [0, 0.1) is 0 Å². The molecule has 5 heteroatoms. The third-order valence-corrected chi connectivity index (χ3v) is 3.69. The Hall–Kier alpha value is -2.69. The van der Waals surface area contributed by atoms with Crippen LogP contribution in [0.4, 0.5) is 11.5 Å². The summed E-state index contributed by atoms with van der Waals surface area (Å²) in [5.41, 5.74) is 4.84. The maximum atomic E-state index is 11.9. The van der Waals surface area contributed by atoms with Gasteiger partial charge in [-0.15, -0.1) is 0 Å². The molecule has 22 heavy (non-hydrogen) atoms. The van der Waals surface area contributed by atoms with Crippen LogP contribution in [-0.4, -0.2) is 35.6 Å². The van der Waals surface area contributed by atoms with Crippen LogP contribution in [0.2, 0.25) is 0 Å². The molecule has 2 heterocycles. The quantitative estimate of drug-likeness (QED) is 0.947. The molecule has 5 nitrogen and oxygen atoms in total. The second-order valence-corrected chi connectivity index (χ2v) is 5.50. The lowest BCUT2D eigenvalue weighted by Gasteiger charge is -2.12. The Balaban J connectivity index is 1.85. The molecule has 0 aliphatic carbocycles. The number of nitrogens with zero attached hydrogens (tertiary/aromatic N) is 3. The number of aromatic nitrogens is 1. The number of fused-ring (bicyclic) bond motifs is 1. The summed E-state index contributed by atoms with van der Waals surface area (Å²) in [4.78, 5) is 22.3. The van der Waals surface area contributed by atoms with Crippen molar-refractivity contribution in [3.05, 3.63) is 53.2 Å². The largest absolute Gasteiger partial charge is 0.345 e. The molecule has 1 aliphatic rings. The average Bonchev–Trinajstić information content (AvgIpc) is 2.90. The van der Waals surface area contributed by atoms with Crippen molar-refractivity contribution >= 4 is 23.1 Å². The van der Waals surface area contributed by atoms with E-state index in [-0.39, 0.29) is 5.91 Å². The van der Waals surface area contributed by atoms with E-state index in [1.54, 1.807) is 25.2 Å². The maximum absolute atomic E-state index is 11.9. The van der Waals surface area contributed by atoms with E-state index in [9.17, 15) is 4.79 Å². The number of amides is 1. The maximum Gasteiger partial charge on any atom is 0.253 e. The van der Waals surface area contributed by atoms with Gasteiger partial charge in [0, 0.05) is 42.8 Å². The number of pyridine rings is 1. The van der Waals surface area contributed by atoms with Crippen molar-refractivity contribution in [3.8, 4) is 0 Å². The second-order valence-electron chi connectivity index (χ2n) is 5.50. The molecule has 0 bridgehead atoms. The van der Waals surface area contributed by atoms with Crippen molar-refractivity contribution in [2.24, 2.45) is 4.99 Å². The first-order valence-electron chi connectivity index (χ1n) is 7.14. The van der Waals surface area contributed by atoms with Crippen LogP contribution in [0.25, 0.3) is 0 Å². The lowest BCUT2D eigenvalue weighted by atomic mass is 10.1. The molecule has 1 aromatic heterocycles. The van der Waals surface area contributed by atoms with Gasteiger partial charge in [0.25, 0.3) is 5.91 Å². The Morgan fingerprint density at radius 3 is 2.59 bits per heavy atom. The molecule has 0 saturated carbocycles. The highest BCUT2D eigenvalue weighted by molar-refractivity contribution is 6.06. The molecule has 2 aromatic rings. The minimum absolute atomic E-state index is 0.00624. The molecule has 1 N–H and O–H groups in total. The van der Waals surface area contributed by atoms with Crippen LogP contribution in [0.3, 0.4) is 0 Å². The van der Waals surface area contributed by atoms with E-state index in [1.807, 2.05) is 37.3 Å². The van der Waals surface area contributed by atoms with E-state index in [0.717, 1.165) is 22.8 Å². The van der Waals surface area contributed by atoms with Crippen LogP contribution in [-0.2, 0) is 6.54 Å². The fraction of sp³-hybridized carbons (Fsp3) is 0.235. The zero-order valence-electron chi connectivity index (χ0n) is 12.9. The molecule has 1 amide bonds. The minimum Gasteiger partial charge on any atom is -0.345 e. The Labute approximate surface area is 129 Å². The number of rotatable bonds is 3. The number of benzene rings is 1. The standard InChI is InChI=1S/C17H18N4O/c1-11-15-13(10-19-11)8-9-18-16(15)20-14-6-4-12(5-7-14)17(22)21(2)3/h4-9H,10H2,1-3H3,(H,18,20). The summed E-state index contributed by atoms with van der Waals surface area (Å²) < 4.78 is 0. The molecule has 0 atom stereocenters. The highest BCUT2D eigenvalue weighted by atomic mass is 16.2. The normalized spacial score (nSPS) is 12.6. The summed E-state index contributed by atoms with van der Waals surface area (Å²) in [6.45, 7) is 2.71. The first kappa shape index (κ1) is 14.3. The fourth-order valence-electron chi connectivity index (χ4n) is 2.51. The van der Waals surface area contributed by atoms with Gasteiger partial charge in [-0.25, -0.2) is 4.98 Å². The van der Waals surface area contributed by atoms with E-state index < -0.39 is 0 Å². The number of hydrogen-bond acceptors (Lipinski definition) is 4. The second kappa shape index (κ2) is 5.60. The lowest BCUT2D eigenvalue weighted by Crippen LogP contribution is -2.21. The predicted octanol–water partition coefficient (Wildman–Crippen LogP) is 2.85. The average molecular weight is 294 g/mol. The fourth-order valence-corrected chi connectivity index (χ4v) is 2.51. The molecule has 112 valence electrons. The number of nitrogens with one attached hydrogen (secondary N) is 1. The Morgan fingerprint density at radius 2 is 1.91 bits per heavy atom. The van der Waals surface area contributed by atoms with Crippen LogP contribution in [0.5, 0.6) is 0 Å². The van der Waals surface area contributed by atoms with Crippen molar-refractivity contribution < 1.29 is 4.79 Å². The van der Waals surface area contributed by atoms with Crippen LogP contribution in [0.1, 0.15) is 28.4 Å². The van der Waals surface area contributed by atoms with Gasteiger partial charge >= 0.3 is 0 Å². The summed E-state index contributed by atoms with van der Waals surface area (Å²) >= 11 is 0. The number of carbonyl (C=O) groups excluding carboxylic acids is 1. The van der Waals surface area contributed by atoms with Gasteiger partial charge in [0.05, 0.1) is 6.54 Å². The SMILES string of the molecule is CC1=NCc2ccnc(Nc3ccc(C(=O)N(C)C)cc3)c21. The van der Waals surface area contributed by atoms with Crippen molar-refractivity contribution in [2.75, 3.05) is 19.4 Å². The molecule has 0 unspecified atom stereocenters. The molecular weight excluding hydrogens is 276 g/mol. The number of carbonyl (C=O) groups is 1. The first-order chi connectivity index (χ1) is 10.6. The van der Waals surface area contributed by atoms with Gasteiger partial charge in [0.2, 0.25) is 0 Å². The van der Waals surface area contributed by atoms with E-state index in [0.29, 0.717) is 12.1 Å². The smallest absolute Gasteiger partial charge is 0.253 e. The zero-order valence-corrected chi connectivity index (χ0v) is 12.9. The van der Waals surface area contributed by atoms with E-state index in [1.165, 1.54) is 5.56 Å². The minimum atomic E-state index is -0.00624. The highest BCUT2D eigenvalue weighted by Crippen LogP contribution is 2.27. The summed E-state index contributed by atoms with van der Waals surface area (Å²) in [6.07, 6.45) is 1.79. The number of hydrogen-bond donors (Lipinski definition) is 1. The lowest BCUT2D eigenvalue weighted by molar-refractivity contribution is 0.0827. The number of anilines is 2. The van der Waals surface area contributed by atoms with Gasteiger partial charge in [-0.2, -0.15) is 0 Å². The van der Waals surface area contributed by atoms with E-state index in [4.69, 9.17) is 0 Å². The Bertz CT molecular complexity index is 748. The molecule has 0 spiro atoms. The molecule has 1 aromatic carbocycles. The third kappa shape index (κ3) is 2.57. The summed E-state index contributed by atoms with van der Waals surface area (Å²) in [5, 5.41) is 3.31. The summed E-state index contributed by atoms with van der Waals surface area (Å²) in [6, 6.07) is 9.40. The molecule has 0 fully saturated rings. The van der Waals surface area contributed by atoms with Gasteiger partial charge in [-0.3, -0.25) is 9.79 Å². The van der Waals surface area contributed by atoms with Crippen LogP contribution < -0.4 is 5.32 Å². The van der Waals surface area contributed by atoms with Crippen molar-refractivity contribution in [1.29, 1.82) is 0 Å². The Morgan fingerprint density at radius 1 is 1.18 bits per heavy atom. The Kier molecular flexibility index (Phi) is 3.63. The van der Waals surface area contributed by atoms with Gasteiger partial charge in [-0.1, -0.05) is 0 Å². The molecule has 0 saturated heterocycles. The topological polar surface area (TPSA) is 57.6 Å². The van der Waals surface area contributed by atoms with E-state index in [2.05, 4.69) is 15.3 Å². The third-order valence-electron chi connectivity index (χ3n) is 3.69. The highest BCUT2D eigenvalue weighted by Gasteiger charge is 2.17. The zero-order chi connectivity index (χ0) is 15.7. The van der Waals surface area contributed by atoms with Gasteiger partial charge in [-0.05, 0) is 42.8 Å². The molecule has 1 aliphatic heterocycles. The van der Waals surface area contributed by atoms with Gasteiger partial charge in [0.15, 0.2) is 0 Å². The number of aliphatic imine (C=N–C) groups is 1. The first-order valence-corrected chi connectivity index (χ1v) is 7.14. The van der Waals surface area contributed by atoms with Gasteiger partial charge in [0.1, 0.15) is 5.82 Å². The molecule has 0 radical (unpaired) electrons. The monoisotopic (exact) mass is 294 g/mol. The van der Waals surface area contributed by atoms with Crippen LogP contribution >= 0.6 is 0 Å². The molecule has 3 rings (SSSR count). The predicted molar refractivity (Wildman–Crippen MR) is 87.9 cm³/mol. The summed E-state index contributed by atoms with van der Waals surface area (Å²) in [7, 11) is 3.49. The van der Waals surface area contributed by atoms with Crippen molar-refractivity contribution in [1.82, 2.24) is 9.88 Å². The summed E-state index contributed by atoms with van der Waals surface area (Å²) in [5.74, 6) is 0.802. The van der Waals surface area contributed by atoms with Crippen molar-refractivity contribution in [3.63, 3.8) is 0 Å². The van der Waals surface area contributed by atoms with Crippen LogP contribution in [0.15, 0.2) is 41.5 Å². The van der Waals surface area contributed by atoms with Crippen molar-refractivity contribution in [2.45, 2.75) is 13.5 Å². The molecular formula is C17H18N4O. The van der Waals surface area contributed by atoms with Gasteiger partial charge < -0.3 is 10.2 Å².